The highest BCUT2D eigenvalue weighted by Crippen LogP contribution is 2.27. The summed E-state index contributed by atoms with van der Waals surface area (Å²) >= 11 is 0. The maximum Gasteiger partial charge on any atom is 0.0210 e. The number of halogens is 1. The van der Waals surface area contributed by atoms with E-state index in [1.54, 1.807) is 0 Å². The third kappa shape index (κ3) is 7.87. The van der Waals surface area contributed by atoms with Crippen LogP contribution < -0.4 is 5.32 Å². The molecule has 21 heavy (non-hydrogen) atoms. The lowest BCUT2D eigenvalue weighted by Crippen LogP contribution is -2.44. The van der Waals surface area contributed by atoms with E-state index in [-0.39, 0.29) is 12.4 Å². The molecule has 2 heteroatoms. The standard InChI is InChI=1S/C19H33N.ClH/c1-4-7-15-19(14-6-3,16-8-5-2)20-17-18-12-10-9-11-13-18;/h9-13,20H,4-8,14-17H2,1-3H3;1H. The number of hydrogen-bond acceptors (Lipinski definition) is 1. The third-order valence-electron chi connectivity index (χ3n) is 4.26. The number of benzene rings is 1. The second-order valence-electron chi connectivity index (χ2n) is 6.08. The van der Waals surface area contributed by atoms with Crippen molar-refractivity contribution < 1.29 is 0 Å². The Kier molecular flexibility index (Phi) is 11.8. The van der Waals surface area contributed by atoms with E-state index in [9.17, 15) is 0 Å². The first-order valence-corrected chi connectivity index (χ1v) is 8.55. The smallest absolute Gasteiger partial charge is 0.0210 e. The number of rotatable bonds is 11. The monoisotopic (exact) mass is 311 g/mol. The molecule has 1 aromatic rings. The second-order valence-corrected chi connectivity index (χ2v) is 6.08. The molecule has 122 valence electrons. The van der Waals surface area contributed by atoms with E-state index in [0.717, 1.165) is 6.54 Å². The molecule has 0 saturated carbocycles. The Hall–Kier alpha value is -0.530. The summed E-state index contributed by atoms with van der Waals surface area (Å²) in [7, 11) is 0. The summed E-state index contributed by atoms with van der Waals surface area (Å²) < 4.78 is 0. The van der Waals surface area contributed by atoms with E-state index in [4.69, 9.17) is 0 Å². The Balaban J connectivity index is 0.00000400. The first kappa shape index (κ1) is 20.5. The van der Waals surface area contributed by atoms with Crippen molar-refractivity contribution >= 4 is 12.4 Å². The Morgan fingerprint density at radius 3 is 1.86 bits per heavy atom. The molecule has 0 heterocycles. The van der Waals surface area contributed by atoms with Crippen LogP contribution in [-0.4, -0.2) is 5.54 Å². The molecule has 0 aliphatic rings. The molecule has 0 spiro atoms. The minimum absolute atomic E-state index is 0. The molecule has 0 aliphatic carbocycles. The molecular weight excluding hydrogens is 278 g/mol. The maximum absolute atomic E-state index is 3.92. The van der Waals surface area contributed by atoms with Gasteiger partial charge in [-0.1, -0.05) is 83.2 Å². The lowest BCUT2D eigenvalue weighted by molar-refractivity contribution is 0.243. The van der Waals surface area contributed by atoms with Gasteiger partial charge in [-0.2, -0.15) is 0 Å². The molecule has 0 bridgehead atoms. The van der Waals surface area contributed by atoms with Crippen molar-refractivity contribution in [3.63, 3.8) is 0 Å². The van der Waals surface area contributed by atoms with Crippen molar-refractivity contribution in [2.24, 2.45) is 0 Å². The van der Waals surface area contributed by atoms with Gasteiger partial charge in [-0.3, -0.25) is 0 Å². The van der Waals surface area contributed by atoms with Crippen LogP contribution in [0, 0.1) is 0 Å². The van der Waals surface area contributed by atoms with Gasteiger partial charge in [0.25, 0.3) is 0 Å². The van der Waals surface area contributed by atoms with Crippen molar-refractivity contribution in [1.29, 1.82) is 0 Å². The van der Waals surface area contributed by atoms with Gasteiger partial charge in [0.2, 0.25) is 0 Å². The Morgan fingerprint density at radius 2 is 1.38 bits per heavy atom. The van der Waals surface area contributed by atoms with Crippen LogP contribution in [-0.2, 0) is 6.54 Å². The lowest BCUT2D eigenvalue weighted by atomic mass is 9.83. The SMILES string of the molecule is CCCCC(CCC)(CCCC)NCc1ccccc1.Cl. The van der Waals surface area contributed by atoms with Gasteiger partial charge in [-0.25, -0.2) is 0 Å². The van der Waals surface area contributed by atoms with E-state index < -0.39 is 0 Å². The van der Waals surface area contributed by atoms with Gasteiger partial charge in [0.05, 0.1) is 0 Å². The maximum atomic E-state index is 3.92. The van der Waals surface area contributed by atoms with Gasteiger partial charge >= 0.3 is 0 Å². The molecular formula is C19H34ClN. The van der Waals surface area contributed by atoms with Crippen LogP contribution in [0.4, 0.5) is 0 Å². The van der Waals surface area contributed by atoms with Crippen LogP contribution in [0.3, 0.4) is 0 Å². The summed E-state index contributed by atoms with van der Waals surface area (Å²) in [5.74, 6) is 0. The predicted molar refractivity (Wildman–Crippen MR) is 97.2 cm³/mol. The van der Waals surface area contributed by atoms with Gasteiger partial charge < -0.3 is 5.32 Å². The molecule has 1 rings (SSSR count). The first-order valence-electron chi connectivity index (χ1n) is 8.55. The fourth-order valence-electron chi connectivity index (χ4n) is 3.03. The molecule has 0 unspecified atom stereocenters. The summed E-state index contributed by atoms with van der Waals surface area (Å²) in [6.07, 6.45) is 10.5. The minimum atomic E-state index is 0. The van der Waals surface area contributed by atoms with Crippen LogP contribution >= 0.6 is 12.4 Å². The first-order chi connectivity index (χ1) is 9.76. The second kappa shape index (κ2) is 12.1. The Bertz CT molecular complexity index is 329. The van der Waals surface area contributed by atoms with Gasteiger partial charge in [0, 0.05) is 12.1 Å². The summed E-state index contributed by atoms with van der Waals surface area (Å²) in [4.78, 5) is 0. The Morgan fingerprint density at radius 1 is 0.810 bits per heavy atom. The molecule has 0 aromatic heterocycles. The quantitative estimate of drug-likeness (QED) is 0.519. The zero-order valence-electron chi connectivity index (χ0n) is 14.2. The summed E-state index contributed by atoms with van der Waals surface area (Å²) in [6, 6.07) is 10.8. The molecule has 0 fully saturated rings. The van der Waals surface area contributed by atoms with Crippen molar-refractivity contribution in [3.05, 3.63) is 35.9 Å². The molecule has 0 saturated heterocycles. The largest absolute Gasteiger partial charge is 0.307 e. The van der Waals surface area contributed by atoms with Gasteiger partial charge in [0.15, 0.2) is 0 Å². The molecule has 1 aromatic carbocycles. The van der Waals surface area contributed by atoms with E-state index in [0.29, 0.717) is 5.54 Å². The third-order valence-corrected chi connectivity index (χ3v) is 4.26. The van der Waals surface area contributed by atoms with E-state index in [1.807, 2.05) is 0 Å². The van der Waals surface area contributed by atoms with Crippen molar-refractivity contribution in [1.82, 2.24) is 5.32 Å². The fourth-order valence-corrected chi connectivity index (χ4v) is 3.03. The van der Waals surface area contributed by atoms with Crippen LogP contribution in [0.5, 0.6) is 0 Å². The van der Waals surface area contributed by atoms with Crippen LogP contribution in [0.1, 0.15) is 77.7 Å². The highest BCUT2D eigenvalue weighted by Gasteiger charge is 2.27. The number of hydrogen-bond donors (Lipinski definition) is 1. The van der Waals surface area contributed by atoms with Crippen LogP contribution in [0.25, 0.3) is 0 Å². The number of nitrogens with one attached hydrogen (secondary N) is 1. The zero-order chi connectivity index (χ0) is 14.7. The normalized spacial score (nSPS) is 11.2. The highest BCUT2D eigenvalue weighted by molar-refractivity contribution is 5.85. The summed E-state index contributed by atoms with van der Waals surface area (Å²) in [5, 5.41) is 3.92. The van der Waals surface area contributed by atoms with Gasteiger partial charge in [-0.15, -0.1) is 12.4 Å². The predicted octanol–water partition coefficient (Wildman–Crippen LogP) is 6.12. The van der Waals surface area contributed by atoms with Crippen molar-refractivity contribution in [2.45, 2.75) is 84.2 Å². The zero-order valence-corrected chi connectivity index (χ0v) is 15.0. The molecule has 1 N–H and O–H groups in total. The van der Waals surface area contributed by atoms with E-state index in [1.165, 1.54) is 56.9 Å². The van der Waals surface area contributed by atoms with Crippen LogP contribution in [0.2, 0.25) is 0 Å². The lowest BCUT2D eigenvalue weighted by Gasteiger charge is -2.35. The van der Waals surface area contributed by atoms with Crippen molar-refractivity contribution in [3.8, 4) is 0 Å². The van der Waals surface area contributed by atoms with Crippen LogP contribution in [0.15, 0.2) is 30.3 Å². The highest BCUT2D eigenvalue weighted by atomic mass is 35.5. The minimum Gasteiger partial charge on any atom is -0.307 e. The molecule has 0 radical (unpaired) electrons. The van der Waals surface area contributed by atoms with E-state index >= 15 is 0 Å². The van der Waals surface area contributed by atoms with Crippen molar-refractivity contribution in [2.75, 3.05) is 0 Å². The fraction of sp³-hybridized carbons (Fsp3) is 0.684. The number of unbranched alkanes of at least 4 members (excludes halogenated alkanes) is 2. The van der Waals surface area contributed by atoms with E-state index in [2.05, 4.69) is 56.4 Å². The topological polar surface area (TPSA) is 12.0 Å². The summed E-state index contributed by atoms with van der Waals surface area (Å²) in [6.45, 7) is 7.92. The molecule has 0 amide bonds. The molecule has 1 nitrogen and oxygen atoms in total. The average molecular weight is 312 g/mol. The Labute approximate surface area is 138 Å². The summed E-state index contributed by atoms with van der Waals surface area (Å²) in [5.41, 5.74) is 1.76. The molecule has 0 aliphatic heterocycles. The molecule has 0 atom stereocenters. The van der Waals surface area contributed by atoms with Gasteiger partial charge in [0.1, 0.15) is 0 Å². The van der Waals surface area contributed by atoms with Gasteiger partial charge in [-0.05, 0) is 24.8 Å². The average Bonchev–Trinajstić information content (AvgIpc) is 2.50.